The van der Waals surface area contributed by atoms with Crippen LogP contribution in [0.5, 0.6) is 0 Å². The Kier molecular flexibility index (Phi) is 5.04. The highest BCUT2D eigenvalue weighted by atomic mass is 32.1. The molecule has 0 radical (unpaired) electrons. The Morgan fingerprint density at radius 2 is 2.17 bits per heavy atom. The molecule has 0 amide bonds. The van der Waals surface area contributed by atoms with Gasteiger partial charge in [-0.25, -0.2) is 0 Å². The molecule has 1 saturated heterocycles. The summed E-state index contributed by atoms with van der Waals surface area (Å²) >= 11 is 4.19. The van der Waals surface area contributed by atoms with Crippen LogP contribution in [0.25, 0.3) is 0 Å². The van der Waals surface area contributed by atoms with Crippen molar-refractivity contribution in [1.82, 2.24) is 4.90 Å². The first-order valence-electron chi connectivity index (χ1n) is 4.84. The maximum Gasteiger partial charge on any atom is 0.0553 e. The predicted molar refractivity (Wildman–Crippen MR) is 54.8 cm³/mol. The smallest absolute Gasteiger partial charge is 0.0553 e. The number of rotatable bonds is 3. The van der Waals surface area contributed by atoms with Gasteiger partial charge in [-0.1, -0.05) is 0 Å². The first kappa shape index (κ1) is 10.4. The minimum atomic E-state index is -0.0500. The molecule has 1 unspecified atom stereocenters. The molecule has 0 bridgehead atoms. The van der Waals surface area contributed by atoms with Crippen LogP contribution in [0.3, 0.4) is 0 Å². The van der Waals surface area contributed by atoms with E-state index in [1.807, 2.05) is 0 Å². The van der Waals surface area contributed by atoms with Gasteiger partial charge < -0.3 is 10.0 Å². The molecule has 0 aromatic heterocycles. The van der Waals surface area contributed by atoms with E-state index in [0.29, 0.717) is 0 Å². The van der Waals surface area contributed by atoms with E-state index in [1.54, 1.807) is 0 Å². The van der Waals surface area contributed by atoms with Gasteiger partial charge in [-0.2, -0.15) is 12.6 Å². The van der Waals surface area contributed by atoms with Gasteiger partial charge in [0, 0.05) is 6.54 Å². The highest BCUT2D eigenvalue weighted by Gasteiger charge is 2.13. The Morgan fingerprint density at radius 3 is 2.92 bits per heavy atom. The van der Waals surface area contributed by atoms with Gasteiger partial charge in [0.1, 0.15) is 0 Å². The second kappa shape index (κ2) is 5.84. The zero-order valence-electron chi connectivity index (χ0n) is 7.58. The SMILES string of the molecule is OC1CCCN(CCCS)CC1. The van der Waals surface area contributed by atoms with Crippen molar-refractivity contribution in [1.29, 1.82) is 0 Å². The Hall–Kier alpha value is 0.270. The molecule has 0 aromatic rings. The third kappa shape index (κ3) is 3.78. The van der Waals surface area contributed by atoms with E-state index in [1.165, 1.54) is 6.42 Å². The number of nitrogens with zero attached hydrogens (tertiary/aromatic N) is 1. The summed E-state index contributed by atoms with van der Waals surface area (Å²) in [5, 5.41) is 9.39. The largest absolute Gasteiger partial charge is 0.393 e. The molecule has 0 aliphatic carbocycles. The number of hydrogen-bond acceptors (Lipinski definition) is 3. The lowest BCUT2D eigenvalue weighted by Gasteiger charge is -2.18. The lowest BCUT2D eigenvalue weighted by Crippen LogP contribution is -2.26. The average Bonchev–Trinajstić information content (AvgIpc) is 2.27. The standard InChI is InChI=1S/C9H19NOS/c11-9-3-1-5-10(7-4-9)6-2-8-12/h9,11-12H,1-8H2. The fourth-order valence-corrected chi connectivity index (χ4v) is 1.80. The van der Waals surface area contributed by atoms with Crippen molar-refractivity contribution >= 4 is 12.6 Å². The van der Waals surface area contributed by atoms with E-state index in [9.17, 15) is 5.11 Å². The van der Waals surface area contributed by atoms with Crippen molar-refractivity contribution in [2.45, 2.75) is 31.8 Å². The fraction of sp³-hybridized carbons (Fsp3) is 1.00. The van der Waals surface area contributed by atoms with Gasteiger partial charge in [0.2, 0.25) is 0 Å². The van der Waals surface area contributed by atoms with Gasteiger partial charge in [0.05, 0.1) is 6.10 Å². The van der Waals surface area contributed by atoms with Crippen LogP contribution < -0.4 is 0 Å². The van der Waals surface area contributed by atoms with E-state index in [4.69, 9.17) is 0 Å². The number of hydrogen-bond donors (Lipinski definition) is 2. The number of thiol groups is 1. The number of aliphatic hydroxyl groups excluding tert-OH is 1. The van der Waals surface area contributed by atoms with E-state index in [2.05, 4.69) is 17.5 Å². The topological polar surface area (TPSA) is 23.5 Å². The normalized spacial score (nSPS) is 27.0. The minimum Gasteiger partial charge on any atom is -0.393 e. The van der Waals surface area contributed by atoms with Crippen LogP contribution in [0.1, 0.15) is 25.7 Å². The minimum absolute atomic E-state index is 0.0500. The first-order chi connectivity index (χ1) is 5.83. The predicted octanol–water partition coefficient (Wildman–Crippen LogP) is 1.15. The fourth-order valence-electron chi connectivity index (χ4n) is 1.66. The molecule has 1 rings (SSSR count). The maximum atomic E-state index is 9.39. The van der Waals surface area contributed by atoms with Crippen molar-refractivity contribution in [3.63, 3.8) is 0 Å². The zero-order chi connectivity index (χ0) is 8.81. The van der Waals surface area contributed by atoms with Crippen LogP contribution in [0.15, 0.2) is 0 Å². The summed E-state index contributed by atoms with van der Waals surface area (Å²) in [6, 6.07) is 0. The molecule has 2 nitrogen and oxygen atoms in total. The van der Waals surface area contributed by atoms with E-state index < -0.39 is 0 Å². The van der Waals surface area contributed by atoms with E-state index in [0.717, 1.165) is 44.6 Å². The molecule has 1 fully saturated rings. The van der Waals surface area contributed by atoms with Gasteiger partial charge in [0.25, 0.3) is 0 Å². The maximum absolute atomic E-state index is 9.39. The Bertz CT molecular complexity index is 119. The summed E-state index contributed by atoms with van der Waals surface area (Å²) in [6.07, 6.45) is 4.20. The van der Waals surface area contributed by atoms with E-state index >= 15 is 0 Å². The number of likely N-dealkylation sites (tertiary alicyclic amines) is 1. The van der Waals surface area contributed by atoms with E-state index in [-0.39, 0.29) is 6.10 Å². The van der Waals surface area contributed by atoms with Crippen molar-refractivity contribution in [3.05, 3.63) is 0 Å². The molecule has 1 atom stereocenters. The second-order valence-corrected chi connectivity index (χ2v) is 3.95. The van der Waals surface area contributed by atoms with Crippen molar-refractivity contribution < 1.29 is 5.11 Å². The van der Waals surface area contributed by atoms with Gasteiger partial charge in [-0.05, 0) is 44.5 Å². The van der Waals surface area contributed by atoms with Crippen LogP contribution in [-0.4, -0.2) is 41.5 Å². The van der Waals surface area contributed by atoms with Crippen LogP contribution in [0.4, 0.5) is 0 Å². The molecule has 1 N–H and O–H groups in total. The summed E-state index contributed by atoms with van der Waals surface area (Å²) in [5.41, 5.74) is 0. The van der Waals surface area contributed by atoms with Gasteiger partial charge in [-0.15, -0.1) is 0 Å². The van der Waals surface area contributed by atoms with Crippen LogP contribution in [-0.2, 0) is 0 Å². The van der Waals surface area contributed by atoms with Gasteiger partial charge in [-0.3, -0.25) is 0 Å². The highest BCUT2D eigenvalue weighted by Crippen LogP contribution is 2.10. The summed E-state index contributed by atoms with van der Waals surface area (Å²) in [6.45, 7) is 3.37. The summed E-state index contributed by atoms with van der Waals surface area (Å²) in [4.78, 5) is 2.44. The molecule has 1 aliphatic heterocycles. The Balaban J connectivity index is 2.17. The van der Waals surface area contributed by atoms with Crippen molar-refractivity contribution in [2.75, 3.05) is 25.4 Å². The molecular formula is C9H19NOS. The molecule has 72 valence electrons. The number of aliphatic hydroxyl groups is 1. The van der Waals surface area contributed by atoms with Gasteiger partial charge in [0.15, 0.2) is 0 Å². The first-order valence-corrected chi connectivity index (χ1v) is 5.47. The lowest BCUT2D eigenvalue weighted by molar-refractivity contribution is 0.155. The van der Waals surface area contributed by atoms with Crippen molar-refractivity contribution in [2.24, 2.45) is 0 Å². The molecule has 0 spiro atoms. The zero-order valence-corrected chi connectivity index (χ0v) is 8.47. The van der Waals surface area contributed by atoms with Crippen LogP contribution >= 0.6 is 12.6 Å². The molecule has 0 saturated carbocycles. The molecule has 1 aliphatic rings. The Labute approximate surface area is 80.4 Å². The Morgan fingerprint density at radius 1 is 1.33 bits per heavy atom. The summed E-state index contributed by atoms with van der Waals surface area (Å²) < 4.78 is 0. The monoisotopic (exact) mass is 189 g/mol. The molecule has 1 heterocycles. The molecule has 12 heavy (non-hydrogen) atoms. The summed E-state index contributed by atoms with van der Waals surface area (Å²) in [5.74, 6) is 0.971. The molecule has 0 aromatic carbocycles. The van der Waals surface area contributed by atoms with Gasteiger partial charge >= 0.3 is 0 Å². The second-order valence-electron chi connectivity index (χ2n) is 3.50. The third-order valence-corrected chi connectivity index (χ3v) is 2.74. The van der Waals surface area contributed by atoms with Crippen LogP contribution in [0.2, 0.25) is 0 Å². The molecular weight excluding hydrogens is 170 g/mol. The lowest BCUT2D eigenvalue weighted by atomic mass is 10.2. The van der Waals surface area contributed by atoms with Crippen molar-refractivity contribution in [3.8, 4) is 0 Å². The summed E-state index contributed by atoms with van der Waals surface area (Å²) in [7, 11) is 0. The van der Waals surface area contributed by atoms with Crippen LogP contribution in [0, 0.1) is 0 Å². The third-order valence-electron chi connectivity index (χ3n) is 2.42. The molecule has 3 heteroatoms. The highest BCUT2D eigenvalue weighted by molar-refractivity contribution is 7.80. The quantitative estimate of drug-likeness (QED) is 0.651. The average molecular weight is 189 g/mol.